The standard InChI is InChI=1S/C17H18ClN5O/c1-10(17-22-21-15-3-2-6-23(15)17)20-16(24)7-11-9-19-14-8-12(18)4-5-13(11)14/h4-5,8-10,19H,2-3,6-7H2,1H3,(H,20,24). The third-order valence-corrected chi connectivity index (χ3v) is 4.72. The average molecular weight is 344 g/mol. The van der Waals surface area contributed by atoms with E-state index in [1.807, 2.05) is 31.3 Å². The fraction of sp³-hybridized carbons (Fsp3) is 0.353. The van der Waals surface area contributed by atoms with E-state index in [1.165, 1.54) is 0 Å². The Morgan fingerprint density at radius 3 is 3.21 bits per heavy atom. The first-order chi connectivity index (χ1) is 11.6. The summed E-state index contributed by atoms with van der Waals surface area (Å²) in [5.74, 6) is 1.81. The smallest absolute Gasteiger partial charge is 0.225 e. The molecule has 6 nitrogen and oxygen atoms in total. The Morgan fingerprint density at radius 2 is 2.33 bits per heavy atom. The van der Waals surface area contributed by atoms with Gasteiger partial charge in [-0.3, -0.25) is 4.79 Å². The number of nitrogens with one attached hydrogen (secondary N) is 2. The van der Waals surface area contributed by atoms with Gasteiger partial charge in [-0.2, -0.15) is 0 Å². The van der Waals surface area contributed by atoms with Gasteiger partial charge in [0.05, 0.1) is 12.5 Å². The van der Waals surface area contributed by atoms with E-state index in [1.54, 1.807) is 0 Å². The second-order valence-corrected chi connectivity index (χ2v) is 6.64. The Labute approximate surface area is 144 Å². The number of nitrogens with zero attached hydrogens (tertiary/aromatic N) is 3. The third-order valence-electron chi connectivity index (χ3n) is 4.48. The van der Waals surface area contributed by atoms with Crippen molar-refractivity contribution in [2.75, 3.05) is 0 Å². The summed E-state index contributed by atoms with van der Waals surface area (Å²) in [4.78, 5) is 15.6. The first kappa shape index (κ1) is 15.2. The summed E-state index contributed by atoms with van der Waals surface area (Å²) in [5, 5.41) is 13.1. The normalized spacial score (nSPS) is 14.8. The zero-order valence-corrected chi connectivity index (χ0v) is 14.1. The van der Waals surface area contributed by atoms with Crippen LogP contribution in [0.5, 0.6) is 0 Å². The van der Waals surface area contributed by atoms with Gasteiger partial charge in [-0.15, -0.1) is 10.2 Å². The second kappa shape index (κ2) is 5.94. The number of amides is 1. The van der Waals surface area contributed by atoms with Gasteiger partial charge in [0.25, 0.3) is 0 Å². The Bertz CT molecular complexity index is 913. The van der Waals surface area contributed by atoms with E-state index in [-0.39, 0.29) is 11.9 Å². The number of benzene rings is 1. The van der Waals surface area contributed by atoms with Crippen LogP contribution in [0.4, 0.5) is 0 Å². The lowest BCUT2D eigenvalue weighted by Gasteiger charge is -2.13. The van der Waals surface area contributed by atoms with Gasteiger partial charge < -0.3 is 14.9 Å². The van der Waals surface area contributed by atoms with E-state index in [9.17, 15) is 4.79 Å². The SMILES string of the molecule is CC(NC(=O)Cc1c[nH]c2cc(Cl)ccc12)c1nnc2n1CCC2. The number of fused-ring (bicyclic) bond motifs is 2. The van der Waals surface area contributed by atoms with Gasteiger partial charge in [-0.05, 0) is 31.0 Å². The maximum Gasteiger partial charge on any atom is 0.225 e. The maximum atomic E-state index is 12.4. The topological polar surface area (TPSA) is 75.6 Å². The first-order valence-corrected chi connectivity index (χ1v) is 8.46. The highest BCUT2D eigenvalue weighted by molar-refractivity contribution is 6.31. The molecule has 1 unspecified atom stereocenters. The fourth-order valence-electron chi connectivity index (χ4n) is 3.33. The molecule has 0 radical (unpaired) electrons. The molecular weight excluding hydrogens is 326 g/mol. The molecule has 1 aromatic carbocycles. The van der Waals surface area contributed by atoms with Crippen LogP contribution < -0.4 is 5.32 Å². The quantitative estimate of drug-likeness (QED) is 0.764. The van der Waals surface area contributed by atoms with Crippen LogP contribution in [0.15, 0.2) is 24.4 Å². The van der Waals surface area contributed by atoms with Crippen LogP contribution in [0.3, 0.4) is 0 Å². The number of aromatic amines is 1. The van der Waals surface area contributed by atoms with Gasteiger partial charge in [-0.1, -0.05) is 17.7 Å². The molecule has 4 rings (SSSR count). The molecular formula is C17H18ClN5O. The van der Waals surface area contributed by atoms with Crippen molar-refractivity contribution in [3.05, 3.63) is 46.6 Å². The molecule has 1 aliphatic heterocycles. The molecule has 0 aliphatic carbocycles. The van der Waals surface area contributed by atoms with Crippen LogP contribution in [0, 0.1) is 0 Å². The van der Waals surface area contributed by atoms with Crippen LogP contribution in [0.25, 0.3) is 10.9 Å². The van der Waals surface area contributed by atoms with Crippen molar-refractivity contribution in [1.29, 1.82) is 0 Å². The van der Waals surface area contributed by atoms with Crippen molar-refractivity contribution in [3.8, 4) is 0 Å². The molecule has 124 valence electrons. The van der Waals surface area contributed by atoms with E-state index in [0.29, 0.717) is 11.4 Å². The summed E-state index contributed by atoms with van der Waals surface area (Å²) in [5.41, 5.74) is 1.89. The highest BCUT2D eigenvalue weighted by Crippen LogP contribution is 2.23. The fourth-order valence-corrected chi connectivity index (χ4v) is 3.50. The molecule has 1 aliphatic rings. The lowest BCUT2D eigenvalue weighted by Crippen LogP contribution is -2.29. The van der Waals surface area contributed by atoms with Crippen LogP contribution in [0.1, 0.15) is 36.6 Å². The van der Waals surface area contributed by atoms with Crippen molar-refractivity contribution >= 4 is 28.4 Å². The van der Waals surface area contributed by atoms with Crippen LogP contribution in [-0.2, 0) is 24.2 Å². The lowest BCUT2D eigenvalue weighted by atomic mass is 10.1. The summed E-state index contributed by atoms with van der Waals surface area (Å²) >= 11 is 5.99. The maximum absolute atomic E-state index is 12.4. The van der Waals surface area contributed by atoms with Gasteiger partial charge in [0.2, 0.25) is 5.91 Å². The second-order valence-electron chi connectivity index (χ2n) is 6.20. The van der Waals surface area contributed by atoms with E-state index >= 15 is 0 Å². The highest BCUT2D eigenvalue weighted by Gasteiger charge is 2.22. The van der Waals surface area contributed by atoms with Crippen LogP contribution >= 0.6 is 11.6 Å². The third kappa shape index (κ3) is 2.67. The van der Waals surface area contributed by atoms with Gasteiger partial charge in [0, 0.05) is 35.1 Å². The van der Waals surface area contributed by atoms with Gasteiger partial charge in [-0.25, -0.2) is 0 Å². The largest absolute Gasteiger partial charge is 0.361 e. The number of halogens is 1. The van der Waals surface area contributed by atoms with Gasteiger partial charge in [0.15, 0.2) is 5.82 Å². The number of aryl methyl sites for hydroxylation is 1. The molecule has 0 bridgehead atoms. The van der Waals surface area contributed by atoms with Crippen molar-refractivity contribution in [2.24, 2.45) is 0 Å². The zero-order valence-electron chi connectivity index (χ0n) is 13.3. The Hall–Kier alpha value is -2.34. The highest BCUT2D eigenvalue weighted by atomic mass is 35.5. The van der Waals surface area contributed by atoms with Crippen molar-refractivity contribution < 1.29 is 4.79 Å². The summed E-state index contributed by atoms with van der Waals surface area (Å²) in [6.45, 7) is 2.88. The molecule has 3 heterocycles. The van der Waals surface area contributed by atoms with E-state index in [0.717, 1.165) is 47.5 Å². The monoisotopic (exact) mass is 343 g/mol. The molecule has 7 heteroatoms. The molecule has 1 atom stereocenters. The van der Waals surface area contributed by atoms with E-state index < -0.39 is 0 Å². The zero-order chi connectivity index (χ0) is 16.7. The number of hydrogen-bond acceptors (Lipinski definition) is 3. The molecule has 0 fully saturated rings. The number of carbonyl (C=O) groups is 1. The molecule has 24 heavy (non-hydrogen) atoms. The predicted octanol–water partition coefficient (Wildman–Crippen LogP) is 2.78. The minimum absolute atomic E-state index is 0.0336. The van der Waals surface area contributed by atoms with E-state index in [4.69, 9.17) is 11.6 Å². The van der Waals surface area contributed by atoms with Crippen LogP contribution in [0.2, 0.25) is 5.02 Å². The number of carbonyl (C=O) groups excluding carboxylic acids is 1. The van der Waals surface area contributed by atoms with Crippen molar-refractivity contribution in [3.63, 3.8) is 0 Å². The molecule has 0 spiro atoms. The molecule has 1 amide bonds. The van der Waals surface area contributed by atoms with E-state index in [2.05, 4.69) is 25.1 Å². The molecule has 0 saturated carbocycles. The first-order valence-electron chi connectivity index (χ1n) is 8.08. The summed E-state index contributed by atoms with van der Waals surface area (Å²) < 4.78 is 2.11. The number of H-pyrrole nitrogens is 1. The Morgan fingerprint density at radius 1 is 1.46 bits per heavy atom. The minimum Gasteiger partial charge on any atom is -0.361 e. The molecule has 3 aromatic rings. The van der Waals surface area contributed by atoms with Gasteiger partial charge in [0.1, 0.15) is 5.82 Å². The molecule has 0 saturated heterocycles. The summed E-state index contributed by atoms with van der Waals surface area (Å²) in [6, 6.07) is 5.48. The predicted molar refractivity (Wildman–Crippen MR) is 91.9 cm³/mol. The summed E-state index contributed by atoms with van der Waals surface area (Å²) in [7, 11) is 0. The number of aromatic nitrogens is 4. The molecule has 2 N–H and O–H groups in total. The van der Waals surface area contributed by atoms with Crippen molar-refractivity contribution in [2.45, 2.75) is 38.8 Å². The minimum atomic E-state index is -0.156. The number of hydrogen-bond donors (Lipinski definition) is 2. The Kier molecular flexibility index (Phi) is 3.76. The average Bonchev–Trinajstić information content (AvgIpc) is 3.22. The van der Waals surface area contributed by atoms with Crippen molar-refractivity contribution in [1.82, 2.24) is 25.1 Å². The summed E-state index contributed by atoms with van der Waals surface area (Å²) in [6.07, 6.45) is 4.23. The number of rotatable bonds is 4. The Balaban J connectivity index is 1.47. The molecule has 2 aromatic heterocycles. The van der Waals surface area contributed by atoms with Crippen LogP contribution in [-0.4, -0.2) is 25.7 Å². The lowest BCUT2D eigenvalue weighted by molar-refractivity contribution is -0.121. The van der Waals surface area contributed by atoms with Gasteiger partial charge >= 0.3 is 0 Å².